The van der Waals surface area contributed by atoms with Crippen LogP contribution in [0.2, 0.25) is 0 Å². The van der Waals surface area contributed by atoms with Crippen molar-refractivity contribution in [2.45, 2.75) is 0 Å². The van der Waals surface area contributed by atoms with Gasteiger partial charge in [-0.25, -0.2) is 15.0 Å². The third-order valence-electron chi connectivity index (χ3n) is 27.5. The molecule has 28 aromatic rings. The number of aromatic nitrogens is 9. The third kappa shape index (κ3) is 14.0. The summed E-state index contributed by atoms with van der Waals surface area (Å²) < 4.78 is 14.0. The lowest BCUT2D eigenvalue weighted by atomic mass is 10.0. The number of benzene rings is 19. The van der Waals surface area contributed by atoms with Gasteiger partial charge in [-0.3, -0.25) is 13.7 Å². The van der Waals surface area contributed by atoms with E-state index >= 15 is 0 Å². The summed E-state index contributed by atoms with van der Waals surface area (Å²) in [5, 5.41) is 14.6. The van der Waals surface area contributed by atoms with Crippen LogP contribution in [0.5, 0.6) is 0 Å². The number of rotatable bonds is 13. The molecule has 19 aromatic carbocycles. The van der Waals surface area contributed by atoms with Gasteiger partial charge in [0.25, 0.3) is 0 Å². The molecule has 0 spiro atoms. The monoisotopic (exact) mass is 1760 g/mol. The Morgan fingerprint density at radius 1 is 0.109 bits per heavy atom. The summed E-state index contributed by atoms with van der Waals surface area (Å²) in [6.45, 7) is 0. The number of para-hydroxylation sites is 5. The maximum absolute atomic E-state index is 4.90. The van der Waals surface area contributed by atoms with Crippen LogP contribution in [0.4, 0.5) is 0 Å². The lowest BCUT2D eigenvalue weighted by Crippen LogP contribution is -1.95. The summed E-state index contributed by atoms with van der Waals surface area (Å²) in [5.74, 6) is 0. The fraction of sp³-hybridized carbons (Fsp3) is 0. The van der Waals surface area contributed by atoms with E-state index in [1.165, 1.54) is 165 Å². The van der Waals surface area contributed by atoms with Crippen molar-refractivity contribution in [2.75, 3.05) is 0 Å². The van der Waals surface area contributed by atoms with E-state index in [1.54, 1.807) is 0 Å². The van der Waals surface area contributed by atoms with Gasteiger partial charge < -0.3 is 13.7 Å². The van der Waals surface area contributed by atoms with Crippen molar-refractivity contribution in [1.82, 2.24) is 42.4 Å². The summed E-state index contributed by atoms with van der Waals surface area (Å²) in [5.41, 5.74) is 37.1. The van der Waals surface area contributed by atoms with E-state index in [0.717, 1.165) is 78.1 Å². The largest absolute Gasteiger partial charge is 0.309 e. The Labute approximate surface area is 796 Å². The summed E-state index contributed by atoms with van der Waals surface area (Å²) in [6, 6.07) is 178. The predicted molar refractivity (Wildman–Crippen MR) is 577 cm³/mol. The van der Waals surface area contributed by atoms with Crippen LogP contribution in [-0.4, -0.2) is 42.4 Å². The second-order valence-electron chi connectivity index (χ2n) is 35.4. The van der Waals surface area contributed by atoms with E-state index < -0.39 is 0 Å². The van der Waals surface area contributed by atoms with Crippen LogP contribution in [0.3, 0.4) is 0 Å². The van der Waals surface area contributed by atoms with Crippen molar-refractivity contribution in [3.8, 4) is 112 Å². The van der Waals surface area contributed by atoms with Gasteiger partial charge in [0.2, 0.25) is 0 Å². The average molecular weight is 1760 g/mol. The maximum Gasteiger partial charge on any atom is 0.145 e. The molecule has 138 heavy (non-hydrogen) atoms. The second-order valence-corrected chi connectivity index (χ2v) is 35.4. The van der Waals surface area contributed by atoms with Crippen molar-refractivity contribution in [2.24, 2.45) is 0 Å². The molecule has 0 unspecified atom stereocenters. The molecular formula is C129H85N9. The van der Waals surface area contributed by atoms with Crippen LogP contribution < -0.4 is 0 Å². The van der Waals surface area contributed by atoms with Gasteiger partial charge in [-0.15, -0.1) is 0 Å². The molecule has 0 atom stereocenters. The van der Waals surface area contributed by atoms with Crippen LogP contribution in [-0.2, 0) is 0 Å². The standard InChI is InChI=1S/C47H31N3.2C41H27N3/c1-3-11-32(12-4-1)34-20-24-38(25-21-34)49-44-19-8-7-17-40(44)41-26-22-37(31-46(41)49)36-23-27-45-43(30-36)42-18-10-28-48-47(42)50(45)39-16-9-15-35(29-39)33-13-5-2-6-14-33;1-3-11-28(12-4-1)29-13-9-16-33(25-29)44-39-23-21-30(26-37(39)36-18-10-24-42-41(36)44)31-20-22-35-34-17-7-8-19-38(34)43(40(35)27-31)32-14-5-2-6-15-32;1-3-10-28(11-4-1)29-17-21-33(22-18-29)44-39-24-20-30(26-37(39)36-15-9-25-42-41(36)44)31-19-23-35-34-14-7-8-16-38(34)43(40(35)27-31)32-12-5-2-6-13-32/h1-31H;2*1-27H. The van der Waals surface area contributed by atoms with Crippen LogP contribution >= 0.6 is 0 Å². The second kappa shape index (κ2) is 33.9. The molecule has 0 aliphatic heterocycles. The summed E-state index contributed by atoms with van der Waals surface area (Å²) >= 11 is 0. The van der Waals surface area contributed by atoms with Gasteiger partial charge in [-0.05, 0) is 260 Å². The van der Waals surface area contributed by atoms with Crippen LogP contribution in [0.25, 0.3) is 243 Å². The normalized spacial score (nSPS) is 11.6. The minimum Gasteiger partial charge on any atom is -0.309 e. The van der Waals surface area contributed by atoms with E-state index in [-0.39, 0.29) is 0 Å². The Morgan fingerprint density at radius 3 is 0.652 bits per heavy atom. The first-order valence-corrected chi connectivity index (χ1v) is 47.0. The van der Waals surface area contributed by atoms with Gasteiger partial charge in [0.15, 0.2) is 0 Å². The molecule has 0 saturated carbocycles. The first-order valence-electron chi connectivity index (χ1n) is 47.0. The summed E-state index contributed by atoms with van der Waals surface area (Å²) in [4.78, 5) is 14.6. The quantitative estimate of drug-likeness (QED) is 0.116. The zero-order valence-electron chi connectivity index (χ0n) is 75.1. The zero-order valence-corrected chi connectivity index (χ0v) is 75.1. The molecule has 9 heteroatoms. The average Bonchev–Trinajstić information content (AvgIpc) is 1.60. The highest BCUT2D eigenvalue weighted by Gasteiger charge is 2.24. The van der Waals surface area contributed by atoms with Gasteiger partial charge in [-0.1, -0.05) is 315 Å². The number of pyridine rings is 3. The van der Waals surface area contributed by atoms with Crippen molar-refractivity contribution < 1.29 is 0 Å². The highest BCUT2D eigenvalue weighted by Crippen LogP contribution is 2.45. The van der Waals surface area contributed by atoms with Gasteiger partial charge in [0.1, 0.15) is 16.9 Å². The summed E-state index contributed by atoms with van der Waals surface area (Å²) in [6.07, 6.45) is 5.65. The van der Waals surface area contributed by atoms with Crippen LogP contribution in [0.1, 0.15) is 0 Å². The molecule has 0 radical (unpaired) electrons. The van der Waals surface area contributed by atoms with Crippen molar-refractivity contribution in [3.05, 3.63) is 516 Å². The highest BCUT2D eigenvalue weighted by molar-refractivity contribution is 6.16. The molecule has 9 nitrogen and oxygen atoms in total. The Kier molecular flexibility index (Phi) is 19.7. The Hall–Kier alpha value is -18.6. The fourth-order valence-corrected chi connectivity index (χ4v) is 21.1. The molecule has 28 rings (SSSR count). The molecule has 0 fully saturated rings. The molecule has 0 N–H and O–H groups in total. The Balaban J connectivity index is 0.000000107. The lowest BCUT2D eigenvalue weighted by molar-refractivity contribution is 1.14. The van der Waals surface area contributed by atoms with Gasteiger partial charge in [0.05, 0.1) is 49.7 Å². The van der Waals surface area contributed by atoms with E-state index in [4.69, 9.17) is 15.0 Å². The van der Waals surface area contributed by atoms with E-state index in [0.29, 0.717) is 0 Å². The minimum absolute atomic E-state index is 0.958. The summed E-state index contributed by atoms with van der Waals surface area (Å²) in [7, 11) is 0. The first-order chi connectivity index (χ1) is 68.5. The molecule has 0 saturated heterocycles. The molecule has 0 aliphatic rings. The highest BCUT2D eigenvalue weighted by atomic mass is 15.1. The lowest BCUT2D eigenvalue weighted by Gasteiger charge is -2.11. The van der Waals surface area contributed by atoms with E-state index in [2.05, 4.69) is 507 Å². The Morgan fingerprint density at radius 2 is 0.319 bits per heavy atom. The molecule has 0 amide bonds. The van der Waals surface area contributed by atoms with Crippen molar-refractivity contribution >= 4 is 131 Å². The molecule has 9 heterocycles. The van der Waals surface area contributed by atoms with E-state index in [1.807, 2.05) is 36.8 Å². The number of nitrogens with zero attached hydrogens (tertiary/aromatic N) is 9. The van der Waals surface area contributed by atoms with E-state index in [9.17, 15) is 0 Å². The third-order valence-corrected chi connectivity index (χ3v) is 27.5. The Bertz CT molecular complexity index is 9540. The van der Waals surface area contributed by atoms with Crippen molar-refractivity contribution in [3.63, 3.8) is 0 Å². The van der Waals surface area contributed by atoms with Gasteiger partial charge in [-0.2, -0.15) is 0 Å². The minimum atomic E-state index is 0.958. The molecule has 9 aromatic heterocycles. The van der Waals surface area contributed by atoms with Crippen LogP contribution in [0.15, 0.2) is 516 Å². The molecule has 0 aliphatic carbocycles. The van der Waals surface area contributed by atoms with Gasteiger partial charge in [0, 0.05) is 117 Å². The topological polar surface area (TPSA) is 68.2 Å². The maximum atomic E-state index is 4.90. The number of fused-ring (bicyclic) bond motifs is 18. The molecular weight excluding hydrogens is 1680 g/mol. The number of hydrogen-bond donors (Lipinski definition) is 0. The van der Waals surface area contributed by atoms with Crippen molar-refractivity contribution in [1.29, 1.82) is 0 Å². The SMILES string of the molecule is c1ccc(-c2ccc(-n3c4ccc(-c5ccc6c7ccccc7n(-c7ccccc7)c6c5)cc4c4cccnc43)cc2)cc1.c1ccc(-c2ccc(-n3c4ccccc4c4ccc(-c5ccc6c(c5)c5cccnc5n6-c5cccc(-c6ccccc6)c5)cc43)cc2)cc1.c1ccc(-c2cccc(-n3c4ccc(-c5ccc6c7ccccc7n(-c7ccccc7)c6c5)cc4c4cccnc43)c2)cc1. The predicted octanol–water partition coefficient (Wildman–Crippen LogP) is 33.5. The van der Waals surface area contributed by atoms with Gasteiger partial charge >= 0.3 is 0 Å². The van der Waals surface area contributed by atoms with Crippen LogP contribution in [0, 0.1) is 0 Å². The smallest absolute Gasteiger partial charge is 0.145 e. The first kappa shape index (κ1) is 80.3. The molecule has 646 valence electrons. The molecule has 0 bridgehead atoms. The fourth-order valence-electron chi connectivity index (χ4n) is 21.1. The zero-order chi connectivity index (χ0) is 91.1. The number of hydrogen-bond acceptors (Lipinski definition) is 3.